The van der Waals surface area contributed by atoms with Crippen molar-refractivity contribution in [3.05, 3.63) is 72.2 Å². The van der Waals surface area contributed by atoms with E-state index < -0.39 is 0 Å². The second kappa shape index (κ2) is 11.1. The first-order chi connectivity index (χ1) is 14.8. The monoisotopic (exact) mass is 528 g/mol. The minimum atomic E-state index is 0. The number of nitrogens with zero attached hydrogens (tertiary/aromatic N) is 4. The summed E-state index contributed by atoms with van der Waals surface area (Å²) in [6.07, 6.45) is 2.82. The Bertz CT molecular complexity index is 1160. The zero-order chi connectivity index (χ0) is 20.8. The van der Waals surface area contributed by atoms with Crippen LogP contribution in [-0.2, 0) is 13.1 Å². The van der Waals surface area contributed by atoms with E-state index in [4.69, 9.17) is 4.99 Å². The average Bonchev–Trinajstić information content (AvgIpc) is 3.10. The average molecular weight is 528 g/mol. The fourth-order valence-corrected chi connectivity index (χ4v) is 3.72. The summed E-state index contributed by atoms with van der Waals surface area (Å²) in [6, 6.07) is 18.6. The van der Waals surface area contributed by atoms with Gasteiger partial charge < -0.3 is 15.2 Å². The molecule has 162 valence electrons. The number of aromatic nitrogens is 3. The van der Waals surface area contributed by atoms with Crippen molar-refractivity contribution in [3.8, 4) is 0 Å². The molecule has 0 unspecified atom stereocenters. The number of imidazole rings is 1. The zero-order valence-corrected chi connectivity index (χ0v) is 20.3. The van der Waals surface area contributed by atoms with Crippen LogP contribution in [0.1, 0.15) is 24.7 Å². The van der Waals surface area contributed by atoms with E-state index in [0.717, 1.165) is 59.8 Å². The first kappa shape index (κ1) is 23.0. The number of fused-ring (bicyclic) bond motifs is 2. The van der Waals surface area contributed by atoms with Gasteiger partial charge in [-0.05, 0) is 44.0 Å². The van der Waals surface area contributed by atoms with Crippen LogP contribution in [0.4, 0.5) is 0 Å². The number of hydrogen-bond acceptors (Lipinski definition) is 3. The number of nitrogens with one attached hydrogen (secondary N) is 2. The maximum Gasteiger partial charge on any atom is 0.191 e. The van der Waals surface area contributed by atoms with Crippen LogP contribution in [0, 0.1) is 6.92 Å². The summed E-state index contributed by atoms with van der Waals surface area (Å²) >= 11 is 0. The van der Waals surface area contributed by atoms with Crippen molar-refractivity contribution in [1.29, 1.82) is 0 Å². The Balaban J connectivity index is 0.00000272. The predicted molar refractivity (Wildman–Crippen MR) is 139 cm³/mol. The van der Waals surface area contributed by atoms with Crippen LogP contribution in [0.25, 0.3) is 21.9 Å². The first-order valence-corrected chi connectivity index (χ1v) is 10.5. The number of hydrogen-bond donors (Lipinski definition) is 2. The highest BCUT2D eigenvalue weighted by atomic mass is 127. The number of benzene rings is 2. The Hall–Kier alpha value is -2.68. The molecule has 4 rings (SSSR count). The van der Waals surface area contributed by atoms with Crippen molar-refractivity contribution in [2.75, 3.05) is 13.1 Å². The van der Waals surface area contributed by atoms with Gasteiger partial charge in [0.1, 0.15) is 5.82 Å². The largest absolute Gasteiger partial charge is 0.357 e. The maximum atomic E-state index is 4.77. The van der Waals surface area contributed by atoms with E-state index in [-0.39, 0.29) is 24.0 Å². The summed E-state index contributed by atoms with van der Waals surface area (Å²) in [4.78, 5) is 13.9. The Labute approximate surface area is 200 Å². The zero-order valence-electron chi connectivity index (χ0n) is 18.0. The first-order valence-electron chi connectivity index (χ1n) is 10.5. The van der Waals surface area contributed by atoms with Crippen molar-refractivity contribution in [3.63, 3.8) is 0 Å². The fraction of sp³-hybridized carbons (Fsp3) is 0.292. The van der Waals surface area contributed by atoms with E-state index in [9.17, 15) is 0 Å². The van der Waals surface area contributed by atoms with E-state index in [1.807, 2.05) is 18.3 Å². The van der Waals surface area contributed by atoms with Crippen LogP contribution >= 0.6 is 24.0 Å². The molecule has 0 fully saturated rings. The van der Waals surface area contributed by atoms with Crippen LogP contribution in [0.5, 0.6) is 0 Å². The van der Waals surface area contributed by atoms with Gasteiger partial charge in [-0.15, -0.1) is 24.0 Å². The highest BCUT2D eigenvalue weighted by Crippen LogP contribution is 2.17. The lowest BCUT2D eigenvalue weighted by atomic mass is 10.1. The quantitative estimate of drug-likeness (QED) is 0.159. The van der Waals surface area contributed by atoms with Gasteiger partial charge in [-0.1, -0.05) is 36.4 Å². The SMILES string of the molecule is CCNC(=NCc1cccc2cccnc12)NCCCn1c(C)nc2ccccc21.I. The number of aliphatic imine (C=N–C) groups is 1. The van der Waals surface area contributed by atoms with Gasteiger partial charge in [-0.3, -0.25) is 4.98 Å². The van der Waals surface area contributed by atoms with E-state index in [2.05, 4.69) is 81.5 Å². The topological polar surface area (TPSA) is 67.1 Å². The third kappa shape index (κ3) is 5.52. The third-order valence-corrected chi connectivity index (χ3v) is 5.16. The van der Waals surface area contributed by atoms with Crippen molar-refractivity contribution in [2.24, 2.45) is 4.99 Å². The van der Waals surface area contributed by atoms with Crippen molar-refractivity contribution < 1.29 is 0 Å². The van der Waals surface area contributed by atoms with Gasteiger partial charge in [0.2, 0.25) is 0 Å². The molecule has 7 heteroatoms. The summed E-state index contributed by atoms with van der Waals surface area (Å²) in [7, 11) is 0. The van der Waals surface area contributed by atoms with Gasteiger partial charge in [0.15, 0.2) is 5.96 Å². The molecule has 2 aromatic carbocycles. The Morgan fingerprint density at radius 2 is 1.87 bits per heavy atom. The number of para-hydroxylation sites is 3. The normalized spacial score (nSPS) is 11.5. The highest BCUT2D eigenvalue weighted by molar-refractivity contribution is 14.0. The molecule has 2 heterocycles. The fourth-order valence-electron chi connectivity index (χ4n) is 3.72. The summed E-state index contributed by atoms with van der Waals surface area (Å²) in [5.74, 6) is 1.89. The molecule has 2 N–H and O–H groups in total. The predicted octanol–water partition coefficient (Wildman–Crippen LogP) is 4.66. The molecule has 0 spiro atoms. The lowest BCUT2D eigenvalue weighted by Crippen LogP contribution is -2.38. The molecule has 0 saturated carbocycles. The molecule has 0 aliphatic heterocycles. The summed E-state index contributed by atoms with van der Waals surface area (Å²) < 4.78 is 2.28. The molecule has 0 aliphatic carbocycles. The van der Waals surface area contributed by atoms with Crippen LogP contribution < -0.4 is 10.6 Å². The molecule has 0 saturated heterocycles. The number of guanidine groups is 1. The molecule has 31 heavy (non-hydrogen) atoms. The lowest BCUT2D eigenvalue weighted by molar-refractivity contribution is 0.624. The van der Waals surface area contributed by atoms with Gasteiger partial charge in [-0.25, -0.2) is 9.98 Å². The number of rotatable bonds is 7. The van der Waals surface area contributed by atoms with Crippen molar-refractivity contribution >= 4 is 51.9 Å². The van der Waals surface area contributed by atoms with Gasteiger partial charge in [0.25, 0.3) is 0 Å². The minimum absolute atomic E-state index is 0. The Morgan fingerprint density at radius 1 is 1.03 bits per heavy atom. The van der Waals surface area contributed by atoms with Crippen molar-refractivity contribution in [2.45, 2.75) is 33.4 Å². The lowest BCUT2D eigenvalue weighted by Gasteiger charge is -2.12. The Morgan fingerprint density at radius 3 is 2.74 bits per heavy atom. The van der Waals surface area contributed by atoms with Crippen LogP contribution in [0.2, 0.25) is 0 Å². The highest BCUT2D eigenvalue weighted by Gasteiger charge is 2.06. The summed E-state index contributed by atoms with van der Waals surface area (Å²) in [6.45, 7) is 7.33. The molecular formula is C24H29IN6. The third-order valence-electron chi connectivity index (χ3n) is 5.16. The molecule has 2 aromatic heterocycles. The second-order valence-corrected chi connectivity index (χ2v) is 7.27. The molecular weight excluding hydrogens is 499 g/mol. The molecule has 0 radical (unpaired) electrons. The smallest absolute Gasteiger partial charge is 0.191 e. The van der Waals surface area contributed by atoms with E-state index in [1.165, 1.54) is 5.52 Å². The molecule has 0 bridgehead atoms. The standard InChI is InChI=1S/C24H28N6.HI/c1-3-25-24(28-17-20-10-6-9-19-11-7-14-26-23(19)20)27-15-8-16-30-18(2)29-21-12-4-5-13-22(21)30;/h4-7,9-14H,3,8,15-17H2,1-2H3,(H2,25,27,28);1H. The van der Waals surface area contributed by atoms with Crippen LogP contribution in [-0.4, -0.2) is 33.6 Å². The minimum Gasteiger partial charge on any atom is -0.357 e. The number of aryl methyl sites for hydroxylation is 2. The molecule has 0 amide bonds. The Kier molecular flexibility index (Phi) is 8.22. The van der Waals surface area contributed by atoms with Crippen LogP contribution in [0.15, 0.2) is 65.8 Å². The second-order valence-electron chi connectivity index (χ2n) is 7.27. The summed E-state index contributed by atoms with van der Waals surface area (Å²) in [5.41, 5.74) is 4.40. The van der Waals surface area contributed by atoms with Crippen LogP contribution in [0.3, 0.4) is 0 Å². The van der Waals surface area contributed by atoms with E-state index >= 15 is 0 Å². The van der Waals surface area contributed by atoms with Crippen molar-refractivity contribution in [1.82, 2.24) is 25.2 Å². The number of pyridine rings is 1. The van der Waals surface area contributed by atoms with Gasteiger partial charge in [-0.2, -0.15) is 0 Å². The van der Waals surface area contributed by atoms with Gasteiger partial charge in [0, 0.05) is 31.2 Å². The summed E-state index contributed by atoms with van der Waals surface area (Å²) in [5, 5.41) is 7.93. The van der Waals surface area contributed by atoms with Gasteiger partial charge in [0.05, 0.1) is 23.1 Å². The number of halogens is 1. The molecule has 0 aliphatic rings. The van der Waals surface area contributed by atoms with E-state index in [1.54, 1.807) is 0 Å². The molecule has 6 nitrogen and oxygen atoms in total. The molecule has 0 atom stereocenters. The van der Waals surface area contributed by atoms with E-state index in [0.29, 0.717) is 6.54 Å². The maximum absolute atomic E-state index is 4.77. The molecule has 4 aromatic rings. The van der Waals surface area contributed by atoms with Gasteiger partial charge >= 0.3 is 0 Å².